The Kier molecular flexibility index (Phi) is 5.20. The zero-order valence-corrected chi connectivity index (χ0v) is 11.4. The molecule has 114 valence electrons. The highest BCUT2D eigenvalue weighted by Gasteiger charge is 2.14. The van der Waals surface area contributed by atoms with Gasteiger partial charge >= 0.3 is 0 Å². The van der Waals surface area contributed by atoms with E-state index in [4.69, 9.17) is 14.6 Å². The van der Waals surface area contributed by atoms with Gasteiger partial charge in [-0.15, -0.1) is 0 Å². The van der Waals surface area contributed by atoms with Gasteiger partial charge in [0, 0.05) is 31.8 Å². The van der Waals surface area contributed by atoms with Crippen molar-refractivity contribution in [3.8, 4) is 0 Å². The molecule has 1 aromatic carbocycles. The third-order valence-electron chi connectivity index (χ3n) is 3.03. The highest BCUT2D eigenvalue weighted by molar-refractivity contribution is 5.75. The number of aliphatic hydroxyl groups is 2. The number of aliphatic hydroxyl groups excluding tert-OH is 2. The van der Waals surface area contributed by atoms with Crippen LogP contribution in [-0.4, -0.2) is 51.3 Å². The molecule has 0 spiro atoms. The van der Waals surface area contributed by atoms with E-state index in [0.717, 1.165) is 0 Å². The Labute approximate surface area is 120 Å². The number of hydrogen-bond acceptors (Lipinski definition) is 7. The molecule has 2 aromatic rings. The molecule has 1 aromatic heterocycles. The molecule has 0 aliphatic heterocycles. The summed E-state index contributed by atoms with van der Waals surface area (Å²) in [5.41, 5.74) is 0.891. The Hall–Kier alpha value is -2.03. The van der Waals surface area contributed by atoms with Crippen molar-refractivity contribution >= 4 is 16.8 Å². The standard InChI is InChI=1S/C13H17N3O5/c17-6-1-4-15(5-7-18)9-13-14-11-8-10(16(19)20)2-3-12(11)21-13/h2-3,8,17-18H,1,4-7,9H2. The zero-order valence-electron chi connectivity index (χ0n) is 11.4. The SMILES string of the molecule is O=[N+]([O-])c1ccc2oc(CN(CCO)CCCO)nc2c1. The van der Waals surface area contributed by atoms with Gasteiger partial charge in [-0.05, 0) is 12.5 Å². The molecule has 2 N–H and O–H groups in total. The third kappa shape index (κ3) is 3.97. The van der Waals surface area contributed by atoms with E-state index in [1.165, 1.54) is 18.2 Å². The van der Waals surface area contributed by atoms with Crippen molar-refractivity contribution in [1.29, 1.82) is 0 Å². The van der Waals surface area contributed by atoms with Gasteiger partial charge in [0.05, 0.1) is 18.1 Å². The monoisotopic (exact) mass is 295 g/mol. The summed E-state index contributed by atoms with van der Waals surface area (Å²) in [6.07, 6.45) is 0.589. The molecule has 8 heteroatoms. The minimum absolute atomic E-state index is 0.00285. The molecule has 0 saturated heterocycles. The summed E-state index contributed by atoms with van der Waals surface area (Å²) in [6.45, 7) is 1.50. The lowest BCUT2D eigenvalue weighted by molar-refractivity contribution is -0.384. The smallest absolute Gasteiger partial charge is 0.271 e. The van der Waals surface area contributed by atoms with Gasteiger partial charge in [0.15, 0.2) is 5.58 Å². The predicted molar refractivity (Wildman–Crippen MR) is 74.7 cm³/mol. The van der Waals surface area contributed by atoms with E-state index in [-0.39, 0.29) is 18.9 Å². The van der Waals surface area contributed by atoms with E-state index in [1.54, 1.807) is 0 Å². The van der Waals surface area contributed by atoms with Crippen molar-refractivity contribution in [1.82, 2.24) is 9.88 Å². The molecule has 0 bridgehead atoms. The topological polar surface area (TPSA) is 113 Å². The van der Waals surface area contributed by atoms with Crippen LogP contribution in [0.15, 0.2) is 22.6 Å². The Balaban J connectivity index is 2.15. The summed E-state index contributed by atoms with van der Waals surface area (Å²) in [5.74, 6) is 0.428. The normalized spacial score (nSPS) is 11.4. The molecule has 0 atom stereocenters. The zero-order chi connectivity index (χ0) is 15.2. The molecule has 0 radical (unpaired) electrons. The van der Waals surface area contributed by atoms with Crippen molar-refractivity contribution in [3.05, 3.63) is 34.2 Å². The summed E-state index contributed by atoms with van der Waals surface area (Å²) in [5, 5.41) is 28.6. The quantitative estimate of drug-likeness (QED) is 0.549. The van der Waals surface area contributed by atoms with Crippen LogP contribution in [0.1, 0.15) is 12.3 Å². The van der Waals surface area contributed by atoms with Gasteiger partial charge in [-0.25, -0.2) is 4.98 Å². The van der Waals surface area contributed by atoms with Crippen LogP contribution in [0.4, 0.5) is 5.69 Å². The predicted octanol–water partition coefficient (Wildman–Crippen LogP) is 0.913. The maximum Gasteiger partial charge on any atom is 0.271 e. The second-order valence-corrected chi connectivity index (χ2v) is 4.59. The molecule has 0 saturated carbocycles. The highest BCUT2D eigenvalue weighted by Crippen LogP contribution is 2.22. The second-order valence-electron chi connectivity index (χ2n) is 4.59. The number of nitro groups is 1. The van der Waals surface area contributed by atoms with Crippen LogP contribution in [0.5, 0.6) is 0 Å². The molecule has 2 rings (SSSR count). The molecule has 0 amide bonds. The summed E-state index contributed by atoms with van der Waals surface area (Å²) in [7, 11) is 0. The lowest BCUT2D eigenvalue weighted by Crippen LogP contribution is -2.28. The minimum atomic E-state index is -0.479. The fourth-order valence-electron chi connectivity index (χ4n) is 2.04. The number of benzene rings is 1. The summed E-state index contributed by atoms with van der Waals surface area (Å²) in [6, 6.07) is 4.26. The second kappa shape index (κ2) is 7.11. The minimum Gasteiger partial charge on any atom is -0.439 e. The molecular weight excluding hydrogens is 278 g/mol. The van der Waals surface area contributed by atoms with E-state index in [9.17, 15) is 10.1 Å². The van der Waals surface area contributed by atoms with Crippen molar-refractivity contribution < 1.29 is 19.6 Å². The lowest BCUT2D eigenvalue weighted by atomic mass is 10.3. The summed E-state index contributed by atoms with van der Waals surface area (Å²) in [4.78, 5) is 16.4. The van der Waals surface area contributed by atoms with E-state index < -0.39 is 4.92 Å². The number of hydrogen-bond donors (Lipinski definition) is 2. The Bertz CT molecular complexity index is 613. The fourth-order valence-corrected chi connectivity index (χ4v) is 2.04. The van der Waals surface area contributed by atoms with Crippen LogP contribution in [-0.2, 0) is 6.54 Å². The molecule has 1 heterocycles. The molecule has 0 fully saturated rings. The first-order valence-electron chi connectivity index (χ1n) is 6.62. The van der Waals surface area contributed by atoms with Crippen molar-refractivity contribution in [2.24, 2.45) is 0 Å². The van der Waals surface area contributed by atoms with Gasteiger partial charge in [0.2, 0.25) is 5.89 Å². The third-order valence-corrected chi connectivity index (χ3v) is 3.03. The Morgan fingerprint density at radius 1 is 1.29 bits per heavy atom. The van der Waals surface area contributed by atoms with E-state index in [1.807, 2.05) is 4.90 Å². The van der Waals surface area contributed by atoms with E-state index in [2.05, 4.69) is 4.98 Å². The fraction of sp³-hybridized carbons (Fsp3) is 0.462. The van der Waals surface area contributed by atoms with E-state index >= 15 is 0 Å². The highest BCUT2D eigenvalue weighted by atomic mass is 16.6. The summed E-state index contributed by atoms with van der Waals surface area (Å²) < 4.78 is 5.54. The van der Waals surface area contributed by atoms with Crippen molar-refractivity contribution in [2.75, 3.05) is 26.3 Å². The molecule has 0 unspecified atom stereocenters. The van der Waals surface area contributed by atoms with Gasteiger partial charge in [-0.3, -0.25) is 15.0 Å². The van der Waals surface area contributed by atoms with Crippen LogP contribution in [0, 0.1) is 10.1 Å². The molecule has 8 nitrogen and oxygen atoms in total. The molecule has 0 aliphatic carbocycles. The average molecular weight is 295 g/mol. The number of rotatable bonds is 8. The van der Waals surface area contributed by atoms with Crippen LogP contribution >= 0.6 is 0 Å². The number of aromatic nitrogens is 1. The van der Waals surface area contributed by atoms with Crippen molar-refractivity contribution in [3.63, 3.8) is 0 Å². The first kappa shape index (κ1) is 15.4. The van der Waals surface area contributed by atoms with Gasteiger partial charge in [-0.1, -0.05) is 0 Å². The molecular formula is C13H17N3O5. The van der Waals surface area contributed by atoms with Gasteiger partial charge < -0.3 is 14.6 Å². The first-order valence-corrected chi connectivity index (χ1v) is 6.62. The number of nitro benzene ring substituents is 1. The van der Waals surface area contributed by atoms with Gasteiger partial charge in [0.25, 0.3) is 5.69 Å². The Morgan fingerprint density at radius 2 is 2.10 bits per heavy atom. The van der Waals surface area contributed by atoms with Gasteiger partial charge in [0.1, 0.15) is 5.52 Å². The van der Waals surface area contributed by atoms with E-state index in [0.29, 0.717) is 43.0 Å². The summed E-state index contributed by atoms with van der Waals surface area (Å²) >= 11 is 0. The lowest BCUT2D eigenvalue weighted by Gasteiger charge is -2.18. The average Bonchev–Trinajstić information content (AvgIpc) is 2.86. The first-order chi connectivity index (χ1) is 10.1. The van der Waals surface area contributed by atoms with Crippen molar-refractivity contribution in [2.45, 2.75) is 13.0 Å². The number of fused-ring (bicyclic) bond motifs is 1. The van der Waals surface area contributed by atoms with Gasteiger partial charge in [-0.2, -0.15) is 0 Å². The number of nitrogens with zero attached hydrogens (tertiary/aromatic N) is 3. The largest absolute Gasteiger partial charge is 0.439 e. The molecule has 0 aliphatic rings. The maximum atomic E-state index is 10.7. The number of oxazole rings is 1. The Morgan fingerprint density at radius 3 is 2.76 bits per heavy atom. The van der Waals surface area contributed by atoms with Crippen LogP contribution in [0.3, 0.4) is 0 Å². The molecule has 21 heavy (non-hydrogen) atoms. The van der Waals surface area contributed by atoms with Crippen LogP contribution in [0.25, 0.3) is 11.1 Å². The maximum absolute atomic E-state index is 10.7. The van der Waals surface area contributed by atoms with Crippen LogP contribution in [0.2, 0.25) is 0 Å². The van der Waals surface area contributed by atoms with Crippen LogP contribution < -0.4 is 0 Å². The number of non-ortho nitro benzene ring substituents is 1.